The van der Waals surface area contributed by atoms with Gasteiger partial charge in [0.15, 0.2) is 6.61 Å². The van der Waals surface area contributed by atoms with Gasteiger partial charge in [-0.15, -0.1) is 0 Å². The van der Waals surface area contributed by atoms with Crippen molar-refractivity contribution in [2.24, 2.45) is 0 Å². The Morgan fingerprint density at radius 1 is 0.884 bits per heavy atom. The molecule has 0 radical (unpaired) electrons. The highest BCUT2D eigenvalue weighted by atomic mass is 16.5. The van der Waals surface area contributed by atoms with Gasteiger partial charge in [0.25, 0.3) is 11.8 Å². The fourth-order valence-corrected chi connectivity index (χ4v) is 4.70. The molecule has 43 heavy (non-hydrogen) atoms. The van der Waals surface area contributed by atoms with E-state index in [0.29, 0.717) is 36.0 Å². The van der Waals surface area contributed by atoms with Crippen LogP contribution in [-0.2, 0) is 25.2 Å². The van der Waals surface area contributed by atoms with E-state index in [-0.39, 0.29) is 22.1 Å². The number of ether oxygens (including phenoxy) is 2. The summed E-state index contributed by atoms with van der Waals surface area (Å²) in [5.41, 5.74) is 2.97. The number of carbonyl (C=O) groups excluding carboxylic acids is 3. The molecule has 3 N–H and O–H groups in total. The van der Waals surface area contributed by atoms with Crippen LogP contribution in [0.25, 0.3) is 10.8 Å². The molecule has 0 aliphatic rings. The minimum absolute atomic E-state index is 0.0240. The van der Waals surface area contributed by atoms with Crippen LogP contribution in [0.5, 0.6) is 11.5 Å². The van der Waals surface area contributed by atoms with Gasteiger partial charge in [0.1, 0.15) is 11.5 Å². The summed E-state index contributed by atoms with van der Waals surface area (Å²) in [6.45, 7) is 15.1. The van der Waals surface area contributed by atoms with Gasteiger partial charge < -0.3 is 25.2 Å². The van der Waals surface area contributed by atoms with Crippen LogP contribution in [0.2, 0.25) is 0 Å². The van der Waals surface area contributed by atoms with Crippen LogP contribution < -0.4 is 15.4 Å². The molecule has 232 valence electrons. The van der Waals surface area contributed by atoms with E-state index in [1.807, 2.05) is 0 Å². The summed E-state index contributed by atoms with van der Waals surface area (Å²) in [7, 11) is 0. The van der Waals surface area contributed by atoms with Crippen molar-refractivity contribution >= 4 is 34.2 Å². The molecule has 0 atom stereocenters. The number of aromatic hydroxyl groups is 1. The first-order chi connectivity index (χ1) is 20.3. The topological polar surface area (TPSA) is 114 Å². The summed E-state index contributed by atoms with van der Waals surface area (Å²) in [5.74, 6) is -0.853. The van der Waals surface area contributed by atoms with E-state index >= 15 is 0 Å². The Bertz CT molecular complexity index is 1460. The number of unbranched alkanes of at least 4 members (excludes halogenated alkanes) is 1. The van der Waals surface area contributed by atoms with Gasteiger partial charge in [-0.3, -0.25) is 14.4 Å². The molecule has 8 heteroatoms. The summed E-state index contributed by atoms with van der Waals surface area (Å²) < 4.78 is 11.0. The highest BCUT2D eigenvalue weighted by molar-refractivity contribution is 6.11. The molecule has 0 fully saturated rings. The van der Waals surface area contributed by atoms with Crippen molar-refractivity contribution in [2.45, 2.75) is 85.0 Å². The van der Waals surface area contributed by atoms with Crippen LogP contribution in [0.4, 0.5) is 5.69 Å². The van der Waals surface area contributed by atoms with Crippen LogP contribution in [0.1, 0.15) is 95.6 Å². The zero-order valence-corrected chi connectivity index (χ0v) is 26.6. The van der Waals surface area contributed by atoms with Crippen molar-refractivity contribution in [1.29, 1.82) is 0 Å². The van der Waals surface area contributed by atoms with E-state index in [1.165, 1.54) is 24.1 Å². The van der Waals surface area contributed by atoms with E-state index in [1.54, 1.807) is 24.3 Å². The van der Waals surface area contributed by atoms with E-state index in [4.69, 9.17) is 9.47 Å². The summed E-state index contributed by atoms with van der Waals surface area (Å²) in [6, 6.07) is 14.9. The predicted molar refractivity (Wildman–Crippen MR) is 171 cm³/mol. The zero-order valence-electron chi connectivity index (χ0n) is 26.6. The van der Waals surface area contributed by atoms with Crippen molar-refractivity contribution in [2.75, 3.05) is 25.1 Å². The summed E-state index contributed by atoms with van der Waals surface area (Å²) >= 11 is 0. The Morgan fingerprint density at radius 2 is 1.56 bits per heavy atom. The Kier molecular flexibility index (Phi) is 11.2. The van der Waals surface area contributed by atoms with Gasteiger partial charge >= 0.3 is 5.97 Å². The number of phenolic OH excluding ortho intramolecular Hbond substituents is 1. The van der Waals surface area contributed by atoms with Crippen LogP contribution in [0.3, 0.4) is 0 Å². The second kappa shape index (κ2) is 14.4. The summed E-state index contributed by atoms with van der Waals surface area (Å²) in [4.78, 5) is 36.4. The van der Waals surface area contributed by atoms with Gasteiger partial charge in [-0.2, -0.15) is 0 Å². The van der Waals surface area contributed by atoms with Crippen LogP contribution in [-0.4, -0.2) is 42.6 Å². The van der Waals surface area contributed by atoms with Gasteiger partial charge in [-0.1, -0.05) is 77.9 Å². The Hall–Kier alpha value is -4.07. The molecule has 0 spiro atoms. The second-order valence-corrected chi connectivity index (χ2v) is 12.2. The molecule has 0 heterocycles. The molecule has 3 aromatic carbocycles. The van der Waals surface area contributed by atoms with Gasteiger partial charge in [0.2, 0.25) is 0 Å². The number of amides is 2. The molecule has 0 aliphatic carbocycles. The van der Waals surface area contributed by atoms with Crippen molar-refractivity contribution in [3.8, 4) is 11.5 Å². The number of hydrogen-bond donors (Lipinski definition) is 3. The van der Waals surface area contributed by atoms with Crippen molar-refractivity contribution in [3.63, 3.8) is 0 Å². The number of carbonyl (C=O) groups is 3. The van der Waals surface area contributed by atoms with E-state index in [2.05, 4.69) is 70.4 Å². The summed E-state index contributed by atoms with van der Waals surface area (Å²) in [6.07, 6.45) is 3.45. The normalized spacial score (nSPS) is 11.7. The molecule has 8 nitrogen and oxygen atoms in total. The van der Waals surface area contributed by atoms with Gasteiger partial charge in [-0.25, -0.2) is 0 Å². The first kappa shape index (κ1) is 33.4. The Labute approximate surface area is 255 Å². The van der Waals surface area contributed by atoms with Crippen LogP contribution >= 0.6 is 0 Å². The molecule has 0 aromatic heterocycles. The minimum atomic E-state index is -0.574. The van der Waals surface area contributed by atoms with E-state index < -0.39 is 24.4 Å². The lowest BCUT2D eigenvalue weighted by Gasteiger charge is -2.30. The molecule has 3 rings (SSSR count). The fraction of sp³-hybridized carbons (Fsp3) is 0.457. The predicted octanol–water partition coefficient (Wildman–Crippen LogP) is 7.01. The van der Waals surface area contributed by atoms with Crippen LogP contribution in [0, 0.1) is 0 Å². The smallest absolute Gasteiger partial charge is 0.303 e. The molecule has 0 bridgehead atoms. The van der Waals surface area contributed by atoms with E-state index in [0.717, 1.165) is 25.0 Å². The number of nitrogens with one attached hydrogen (secondary N) is 2. The first-order valence-corrected chi connectivity index (χ1v) is 15.0. The minimum Gasteiger partial charge on any atom is -0.506 e. The third-order valence-electron chi connectivity index (χ3n) is 8.31. The van der Waals surface area contributed by atoms with Gasteiger partial charge in [-0.05, 0) is 54.2 Å². The van der Waals surface area contributed by atoms with Gasteiger partial charge in [0.05, 0.1) is 12.2 Å². The molecule has 0 aliphatic heterocycles. The Balaban J connectivity index is 1.63. The van der Waals surface area contributed by atoms with E-state index in [9.17, 15) is 19.5 Å². The molecule has 0 saturated carbocycles. The SMILES string of the molecule is CCC(C)(C)c1ccc(OCCCCNC(=O)c2cc(NC(=O)COC(C)=O)c3ccccc3c2O)c(C(C)(C)CC)c1. The van der Waals surface area contributed by atoms with Crippen molar-refractivity contribution in [3.05, 3.63) is 65.2 Å². The molecule has 2 amide bonds. The molecular formula is C35H46N2O6. The zero-order chi connectivity index (χ0) is 31.8. The quantitative estimate of drug-likeness (QED) is 0.106. The second-order valence-electron chi connectivity index (χ2n) is 12.2. The average Bonchev–Trinajstić information content (AvgIpc) is 2.99. The number of fused-ring (bicyclic) bond motifs is 1. The molecular weight excluding hydrogens is 544 g/mol. The molecule has 0 unspecified atom stereocenters. The average molecular weight is 591 g/mol. The molecule has 0 saturated heterocycles. The maximum atomic E-state index is 13.1. The number of esters is 1. The van der Waals surface area contributed by atoms with Crippen LogP contribution in [0.15, 0.2) is 48.5 Å². The number of rotatable bonds is 14. The van der Waals surface area contributed by atoms with Crippen molar-refractivity contribution < 1.29 is 29.0 Å². The number of anilines is 1. The first-order valence-electron chi connectivity index (χ1n) is 15.0. The third-order valence-corrected chi connectivity index (χ3v) is 8.31. The third kappa shape index (κ3) is 8.49. The summed E-state index contributed by atoms with van der Waals surface area (Å²) in [5, 5.41) is 17.4. The lowest BCUT2D eigenvalue weighted by Crippen LogP contribution is -2.25. The maximum absolute atomic E-state index is 13.1. The standard InChI is InChI=1S/C35H46N2O6/c1-8-34(4,5)24-16-17-30(28(20-24)35(6,7)9-2)42-19-13-12-18-36-33(41)27-21-29(37-31(39)22-43-23(3)38)25-14-10-11-15-26(25)32(27)40/h10-11,14-17,20-21,40H,8-9,12-13,18-19,22H2,1-7H3,(H,36,41)(H,37,39). The highest BCUT2D eigenvalue weighted by Crippen LogP contribution is 2.39. The van der Waals surface area contributed by atoms with Crippen molar-refractivity contribution in [1.82, 2.24) is 5.32 Å². The number of benzene rings is 3. The molecule has 3 aromatic rings. The monoisotopic (exact) mass is 590 g/mol. The lowest BCUT2D eigenvalue weighted by atomic mass is 9.76. The van der Waals surface area contributed by atoms with Gasteiger partial charge in [0, 0.05) is 35.5 Å². The number of hydrogen-bond acceptors (Lipinski definition) is 6. The Morgan fingerprint density at radius 3 is 2.21 bits per heavy atom. The fourth-order valence-electron chi connectivity index (χ4n) is 4.70. The lowest BCUT2D eigenvalue weighted by molar-refractivity contribution is -0.144. The highest BCUT2D eigenvalue weighted by Gasteiger charge is 2.26. The number of phenols is 1. The maximum Gasteiger partial charge on any atom is 0.303 e. The largest absolute Gasteiger partial charge is 0.506 e.